The number of nitrogens with zero attached hydrogens (tertiary/aromatic N) is 1. The van der Waals surface area contributed by atoms with Gasteiger partial charge in [-0.1, -0.05) is 6.92 Å². The monoisotopic (exact) mass is 260 g/mol. The van der Waals surface area contributed by atoms with Gasteiger partial charge in [-0.25, -0.2) is 0 Å². The largest absolute Gasteiger partial charge is 0.491 e. The number of nitrogens with two attached hydrogens (primary N) is 1. The first-order valence-electron chi connectivity index (χ1n) is 7.06. The highest BCUT2D eigenvalue weighted by Gasteiger charge is 2.13. The molecule has 0 saturated heterocycles. The number of aromatic nitrogens is 1. The van der Waals surface area contributed by atoms with Gasteiger partial charge in [-0.2, -0.15) is 0 Å². The topological polar surface area (TPSA) is 40.2 Å². The summed E-state index contributed by atoms with van der Waals surface area (Å²) in [5, 5.41) is 1.23. The molecule has 0 aliphatic rings. The molecular weight excluding hydrogens is 236 g/mol. The molecule has 0 atom stereocenters. The van der Waals surface area contributed by atoms with Crippen LogP contribution in [-0.2, 0) is 13.1 Å². The maximum Gasteiger partial charge on any atom is 0.120 e. The van der Waals surface area contributed by atoms with Crippen molar-refractivity contribution in [2.75, 3.05) is 0 Å². The maximum atomic E-state index is 5.92. The molecule has 2 aromatic rings. The fraction of sp³-hybridized carbons (Fsp3) is 0.500. The smallest absolute Gasteiger partial charge is 0.120 e. The molecule has 1 aromatic heterocycles. The van der Waals surface area contributed by atoms with Crippen molar-refractivity contribution in [1.82, 2.24) is 4.57 Å². The minimum absolute atomic E-state index is 0.192. The van der Waals surface area contributed by atoms with Crippen molar-refractivity contribution in [3.63, 3.8) is 0 Å². The number of rotatable bonds is 5. The normalized spacial score (nSPS) is 11.5. The Morgan fingerprint density at radius 2 is 2.05 bits per heavy atom. The number of hydrogen-bond acceptors (Lipinski definition) is 2. The van der Waals surface area contributed by atoms with E-state index in [0.717, 1.165) is 18.7 Å². The van der Waals surface area contributed by atoms with Gasteiger partial charge in [0.05, 0.1) is 6.10 Å². The molecule has 104 valence electrons. The van der Waals surface area contributed by atoms with Gasteiger partial charge in [0, 0.05) is 29.7 Å². The molecule has 0 fully saturated rings. The predicted molar refractivity (Wildman–Crippen MR) is 80.6 cm³/mol. The molecule has 0 saturated carbocycles. The van der Waals surface area contributed by atoms with Gasteiger partial charge >= 0.3 is 0 Å². The third-order valence-corrected chi connectivity index (χ3v) is 3.45. The summed E-state index contributed by atoms with van der Waals surface area (Å²) < 4.78 is 8.14. The van der Waals surface area contributed by atoms with E-state index in [2.05, 4.69) is 30.5 Å². The van der Waals surface area contributed by atoms with Crippen LogP contribution in [0.5, 0.6) is 5.75 Å². The summed E-state index contributed by atoms with van der Waals surface area (Å²) in [6.07, 6.45) is 1.32. The lowest BCUT2D eigenvalue weighted by Crippen LogP contribution is -2.05. The predicted octanol–water partition coefficient (Wildman–Crippen LogP) is 3.61. The maximum absolute atomic E-state index is 5.92. The van der Waals surface area contributed by atoms with Crippen LogP contribution in [0.2, 0.25) is 0 Å². The highest BCUT2D eigenvalue weighted by molar-refractivity contribution is 5.87. The van der Waals surface area contributed by atoms with Gasteiger partial charge in [0.2, 0.25) is 0 Å². The van der Waals surface area contributed by atoms with E-state index in [1.165, 1.54) is 22.2 Å². The first-order chi connectivity index (χ1) is 9.08. The molecule has 0 unspecified atom stereocenters. The van der Waals surface area contributed by atoms with Gasteiger partial charge in [-0.05, 0) is 51.0 Å². The number of ether oxygens (including phenoxy) is 1. The van der Waals surface area contributed by atoms with E-state index in [4.69, 9.17) is 10.5 Å². The van der Waals surface area contributed by atoms with E-state index in [-0.39, 0.29) is 6.10 Å². The van der Waals surface area contributed by atoms with E-state index in [1.807, 2.05) is 19.9 Å². The van der Waals surface area contributed by atoms with Gasteiger partial charge in [0.25, 0.3) is 0 Å². The van der Waals surface area contributed by atoms with E-state index < -0.39 is 0 Å². The second-order valence-electron chi connectivity index (χ2n) is 5.27. The lowest BCUT2D eigenvalue weighted by Gasteiger charge is -2.10. The second-order valence-corrected chi connectivity index (χ2v) is 5.27. The van der Waals surface area contributed by atoms with Gasteiger partial charge in [0.1, 0.15) is 5.75 Å². The molecule has 1 heterocycles. The van der Waals surface area contributed by atoms with Gasteiger partial charge in [-0.3, -0.25) is 0 Å². The minimum atomic E-state index is 0.192. The number of fused-ring (bicyclic) bond motifs is 1. The summed E-state index contributed by atoms with van der Waals surface area (Å²) in [7, 11) is 0. The lowest BCUT2D eigenvalue weighted by molar-refractivity contribution is 0.243. The number of benzene rings is 1. The Balaban J connectivity index is 2.57. The Bertz CT molecular complexity index is 570. The van der Waals surface area contributed by atoms with Gasteiger partial charge in [0.15, 0.2) is 0 Å². The van der Waals surface area contributed by atoms with Crippen LogP contribution in [0.4, 0.5) is 0 Å². The van der Waals surface area contributed by atoms with E-state index in [9.17, 15) is 0 Å². The molecule has 19 heavy (non-hydrogen) atoms. The van der Waals surface area contributed by atoms with Crippen LogP contribution in [0.1, 0.15) is 38.4 Å². The van der Waals surface area contributed by atoms with Crippen molar-refractivity contribution >= 4 is 10.9 Å². The summed E-state index contributed by atoms with van der Waals surface area (Å²) in [4.78, 5) is 0. The zero-order chi connectivity index (χ0) is 14.0. The fourth-order valence-corrected chi connectivity index (χ4v) is 2.65. The van der Waals surface area contributed by atoms with Crippen LogP contribution < -0.4 is 10.5 Å². The van der Waals surface area contributed by atoms with E-state index in [1.54, 1.807) is 0 Å². The van der Waals surface area contributed by atoms with Crippen LogP contribution in [0, 0.1) is 6.92 Å². The molecule has 3 heteroatoms. The van der Waals surface area contributed by atoms with Crippen molar-refractivity contribution in [3.8, 4) is 5.75 Å². The quantitative estimate of drug-likeness (QED) is 0.892. The van der Waals surface area contributed by atoms with Crippen LogP contribution >= 0.6 is 0 Å². The average Bonchev–Trinajstić information content (AvgIpc) is 2.61. The van der Waals surface area contributed by atoms with Gasteiger partial charge < -0.3 is 15.0 Å². The highest BCUT2D eigenvalue weighted by atomic mass is 16.5. The summed E-state index contributed by atoms with van der Waals surface area (Å²) in [5.74, 6) is 0.922. The molecule has 0 aliphatic heterocycles. The van der Waals surface area contributed by atoms with Crippen LogP contribution in [0.25, 0.3) is 10.9 Å². The molecular formula is C16H24N2O. The number of hydrogen-bond donors (Lipinski definition) is 1. The second kappa shape index (κ2) is 5.66. The van der Waals surface area contributed by atoms with Crippen molar-refractivity contribution in [1.29, 1.82) is 0 Å². The van der Waals surface area contributed by atoms with Crippen LogP contribution in [-0.4, -0.2) is 10.7 Å². The fourth-order valence-electron chi connectivity index (χ4n) is 2.65. The van der Waals surface area contributed by atoms with Crippen LogP contribution in [0.15, 0.2) is 18.2 Å². The zero-order valence-corrected chi connectivity index (χ0v) is 12.4. The molecule has 0 aliphatic carbocycles. The third-order valence-electron chi connectivity index (χ3n) is 3.45. The van der Waals surface area contributed by atoms with E-state index in [0.29, 0.717) is 6.54 Å². The van der Waals surface area contributed by atoms with Crippen molar-refractivity contribution < 1.29 is 4.74 Å². The first-order valence-corrected chi connectivity index (χ1v) is 7.06. The van der Waals surface area contributed by atoms with Crippen molar-refractivity contribution in [2.24, 2.45) is 5.73 Å². The third kappa shape index (κ3) is 2.61. The van der Waals surface area contributed by atoms with E-state index >= 15 is 0 Å². The lowest BCUT2D eigenvalue weighted by atomic mass is 10.1. The minimum Gasteiger partial charge on any atom is -0.491 e. The summed E-state index contributed by atoms with van der Waals surface area (Å²) in [6.45, 7) is 10.0. The van der Waals surface area contributed by atoms with Crippen molar-refractivity contribution in [2.45, 2.75) is 53.3 Å². The molecule has 0 bridgehead atoms. The molecule has 0 spiro atoms. The summed E-state index contributed by atoms with van der Waals surface area (Å²) >= 11 is 0. The molecule has 0 radical (unpaired) electrons. The molecule has 3 nitrogen and oxygen atoms in total. The SMILES string of the molecule is CCCn1c(C)c(CN)c2cc(OC(C)C)ccc21. The van der Waals surface area contributed by atoms with Gasteiger partial charge in [-0.15, -0.1) is 0 Å². The number of aryl methyl sites for hydroxylation is 1. The Labute approximate surface area is 115 Å². The summed E-state index contributed by atoms with van der Waals surface area (Å²) in [5.41, 5.74) is 9.70. The van der Waals surface area contributed by atoms with Crippen molar-refractivity contribution in [3.05, 3.63) is 29.5 Å². The summed E-state index contributed by atoms with van der Waals surface area (Å²) in [6, 6.07) is 6.32. The molecule has 0 amide bonds. The standard InChI is InChI=1S/C16H24N2O/c1-5-8-18-12(4)15(10-17)14-9-13(19-11(2)3)6-7-16(14)18/h6-7,9,11H,5,8,10,17H2,1-4H3. The molecule has 1 aromatic carbocycles. The Morgan fingerprint density at radius 1 is 1.32 bits per heavy atom. The first kappa shape index (κ1) is 13.9. The van der Waals surface area contributed by atoms with Crippen LogP contribution in [0.3, 0.4) is 0 Å². The highest BCUT2D eigenvalue weighted by Crippen LogP contribution is 2.29. The Hall–Kier alpha value is -1.48. The molecule has 2 N–H and O–H groups in total. The Kier molecular flexibility index (Phi) is 4.15. The zero-order valence-electron chi connectivity index (χ0n) is 12.4. The Morgan fingerprint density at radius 3 is 2.63 bits per heavy atom. The molecule has 2 rings (SSSR count). The average molecular weight is 260 g/mol.